The third-order valence-electron chi connectivity index (χ3n) is 1.96. The second-order valence-corrected chi connectivity index (χ2v) is 3.29. The van der Waals surface area contributed by atoms with E-state index >= 15 is 0 Å². The number of hydrogen-bond acceptors (Lipinski definition) is 4. The lowest BCUT2D eigenvalue weighted by atomic mass is 10.2. The van der Waals surface area contributed by atoms with E-state index in [2.05, 4.69) is 10.3 Å². The fraction of sp³-hybridized carbons (Fsp3) is 0.400. The van der Waals surface area contributed by atoms with E-state index in [1.54, 1.807) is 31.3 Å². The molecule has 4 N–H and O–H groups in total. The van der Waals surface area contributed by atoms with Gasteiger partial charge in [-0.15, -0.1) is 0 Å². The summed E-state index contributed by atoms with van der Waals surface area (Å²) in [5, 5.41) is 11.7. The molecule has 0 aromatic carbocycles. The van der Waals surface area contributed by atoms with Gasteiger partial charge in [0.05, 0.1) is 24.4 Å². The minimum Gasteiger partial charge on any atom is -0.394 e. The quantitative estimate of drug-likeness (QED) is 0.628. The van der Waals surface area contributed by atoms with Crippen LogP contribution in [0.3, 0.4) is 0 Å². The molecular formula is C10H15N3O2. The smallest absolute Gasteiger partial charge is 0.237 e. The molecule has 2 atom stereocenters. The fourth-order valence-electron chi connectivity index (χ4n) is 1.10. The average molecular weight is 209 g/mol. The van der Waals surface area contributed by atoms with Gasteiger partial charge in [-0.05, 0) is 19.1 Å². The van der Waals surface area contributed by atoms with Crippen molar-refractivity contribution in [3.05, 3.63) is 30.1 Å². The van der Waals surface area contributed by atoms with E-state index in [4.69, 9.17) is 10.8 Å². The topological polar surface area (TPSA) is 88.2 Å². The van der Waals surface area contributed by atoms with Crippen molar-refractivity contribution in [2.24, 2.45) is 5.73 Å². The summed E-state index contributed by atoms with van der Waals surface area (Å²) in [5.74, 6) is -0.306. The zero-order valence-electron chi connectivity index (χ0n) is 8.55. The molecule has 0 aliphatic rings. The number of carbonyl (C=O) groups is 1. The van der Waals surface area contributed by atoms with Gasteiger partial charge in [0.1, 0.15) is 0 Å². The monoisotopic (exact) mass is 209 g/mol. The Morgan fingerprint density at radius 3 is 2.87 bits per heavy atom. The van der Waals surface area contributed by atoms with Gasteiger partial charge in [-0.2, -0.15) is 0 Å². The second-order valence-electron chi connectivity index (χ2n) is 3.29. The van der Waals surface area contributed by atoms with Crippen molar-refractivity contribution < 1.29 is 9.90 Å². The van der Waals surface area contributed by atoms with Gasteiger partial charge in [0.25, 0.3) is 0 Å². The molecule has 0 saturated heterocycles. The van der Waals surface area contributed by atoms with E-state index in [-0.39, 0.29) is 12.5 Å². The zero-order chi connectivity index (χ0) is 11.3. The van der Waals surface area contributed by atoms with Crippen LogP contribution in [0.15, 0.2) is 24.4 Å². The summed E-state index contributed by atoms with van der Waals surface area (Å²) in [7, 11) is 0. The largest absolute Gasteiger partial charge is 0.394 e. The minimum atomic E-state index is -0.595. The van der Waals surface area contributed by atoms with Crippen LogP contribution in [-0.2, 0) is 4.79 Å². The predicted molar refractivity (Wildman–Crippen MR) is 55.9 cm³/mol. The van der Waals surface area contributed by atoms with Crippen LogP contribution in [0.5, 0.6) is 0 Å². The molecular weight excluding hydrogens is 194 g/mol. The number of aliphatic hydroxyl groups is 1. The summed E-state index contributed by atoms with van der Waals surface area (Å²) in [4.78, 5) is 15.4. The van der Waals surface area contributed by atoms with Crippen LogP contribution in [0, 0.1) is 0 Å². The number of nitrogens with two attached hydrogens (primary N) is 1. The van der Waals surface area contributed by atoms with E-state index in [9.17, 15) is 4.79 Å². The Bertz CT molecular complexity index is 314. The van der Waals surface area contributed by atoms with Crippen molar-refractivity contribution in [2.75, 3.05) is 6.61 Å². The maximum atomic E-state index is 11.3. The van der Waals surface area contributed by atoms with Gasteiger partial charge in [-0.25, -0.2) is 0 Å². The maximum Gasteiger partial charge on any atom is 0.237 e. The number of amides is 1. The molecule has 1 amide bonds. The fourth-order valence-corrected chi connectivity index (χ4v) is 1.10. The lowest BCUT2D eigenvalue weighted by Gasteiger charge is -2.16. The molecule has 0 saturated carbocycles. The maximum absolute atomic E-state index is 11.3. The van der Waals surface area contributed by atoms with Crippen molar-refractivity contribution in [3.63, 3.8) is 0 Å². The lowest BCUT2D eigenvalue weighted by Crippen LogP contribution is -2.41. The molecule has 5 nitrogen and oxygen atoms in total. The molecule has 1 aromatic heterocycles. The van der Waals surface area contributed by atoms with Crippen LogP contribution in [0.4, 0.5) is 0 Å². The molecule has 1 heterocycles. The summed E-state index contributed by atoms with van der Waals surface area (Å²) >= 11 is 0. The first-order valence-corrected chi connectivity index (χ1v) is 4.73. The van der Waals surface area contributed by atoms with Crippen LogP contribution in [0.2, 0.25) is 0 Å². The Hall–Kier alpha value is -1.46. The Balaban J connectivity index is 2.69. The van der Waals surface area contributed by atoms with Crippen molar-refractivity contribution in [1.82, 2.24) is 10.3 Å². The second kappa shape index (κ2) is 5.43. The molecule has 1 unspecified atom stereocenters. The number of aliphatic hydroxyl groups excluding tert-OH is 1. The first-order valence-electron chi connectivity index (χ1n) is 4.73. The van der Waals surface area contributed by atoms with E-state index in [1.807, 2.05) is 0 Å². The van der Waals surface area contributed by atoms with Crippen LogP contribution in [0.1, 0.15) is 18.7 Å². The number of nitrogens with one attached hydrogen (secondary N) is 1. The molecule has 0 fully saturated rings. The van der Waals surface area contributed by atoms with Crippen molar-refractivity contribution in [2.45, 2.75) is 19.0 Å². The highest BCUT2D eigenvalue weighted by Gasteiger charge is 2.16. The Kier molecular flexibility index (Phi) is 4.20. The Labute approximate surface area is 88.3 Å². The van der Waals surface area contributed by atoms with Gasteiger partial charge in [0.15, 0.2) is 0 Å². The first kappa shape index (κ1) is 11.6. The predicted octanol–water partition coefficient (Wildman–Crippen LogP) is -0.422. The third kappa shape index (κ3) is 3.30. The Morgan fingerprint density at radius 1 is 1.67 bits per heavy atom. The molecule has 0 radical (unpaired) electrons. The van der Waals surface area contributed by atoms with E-state index in [1.165, 1.54) is 0 Å². The van der Waals surface area contributed by atoms with Crippen LogP contribution in [-0.4, -0.2) is 28.6 Å². The van der Waals surface area contributed by atoms with Crippen molar-refractivity contribution in [1.29, 1.82) is 0 Å². The van der Waals surface area contributed by atoms with E-state index in [0.717, 1.165) is 0 Å². The number of carbonyl (C=O) groups excluding carboxylic acids is 1. The molecule has 1 aromatic rings. The molecule has 0 aliphatic carbocycles. The van der Waals surface area contributed by atoms with E-state index < -0.39 is 12.1 Å². The van der Waals surface area contributed by atoms with Crippen LogP contribution < -0.4 is 11.1 Å². The molecule has 0 aliphatic heterocycles. The van der Waals surface area contributed by atoms with E-state index in [0.29, 0.717) is 5.69 Å². The highest BCUT2D eigenvalue weighted by Crippen LogP contribution is 2.07. The lowest BCUT2D eigenvalue weighted by molar-refractivity contribution is -0.123. The van der Waals surface area contributed by atoms with Crippen molar-refractivity contribution >= 4 is 5.91 Å². The van der Waals surface area contributed by atoms with Gasteiger partial charge in [-0.1, -0.05) is 6.07 Å². The molecule has 0 spiro atoms. The Morgan fingerprint density at radius 2 is 2.40 bits per heavy atom. The third-order valence-corrected chi connectivity index (χ3v) is 1.96. The summed E-state index contributed by atoms with van der Waals surface area (Å²) in [6.07, 6.45) is 1.61. The highest BCUT2D eigenvalue weighted by atomic mass is 16.3. The number of rotatable bonds is 4. The average Bonchev–Trinajstić information content (AvgIpc) is 2.26. The van der Waals surface area contributed by atoms with Gasteiger partial charge in [-0.3, -0.25) is 9.78 Å². The summed E-state index contributed by atoms with van der Waals surface area (Å²) in [5.41, 5.74) is 6.02. The SMILES string of the molecule is CC(N)C(=O)N[C@H](CO)c1ccccn1. The summed E-state index contributed by atoms with van der Waals surface area (Å²) in [6.45, 7) is 1.39. The molecule has 0 bridgehead atoms. The van der Waals surface area contributed by atoms with Gasteiger partial charge in [0.2, 0.25) is 5.91 Å². The normalized spacial score (nSPS) is 14.3. The molecule has 15 heavy (non-hydrogen) atoms. The molecule has 5 heteroatoms. The molecule has 82 valence electrons. The van der Waals surface area contributed by atoms with Gasteiger partial charge < -0.3 is 16.2 Å². The summed E-state index contributed by atoms with van der Waals surface area (Å²) in [6, 6.07) is 4.21. The van der Waals surface area contributed by atoms with Gasteiger partial charge >= 0.3 is 0 Å². The highest BCUT2D eigenvalue weighted by molar-refractivity contribution is 5.81. The number of hydrogen-bond donors (Lipinski definition) is 3. The molecule has 1 rings (SSSR count). The number of aromatic nitrogens is 1. The first-order chi connectivity index (χ1) is 7.15. The van der Waals surface area contributed by atoms with Gasteiger partial charge in [0, 0.05) is 6.20 Å². The van der Waals surface area contributed by atoms with Crippen molar-refractivity contribution in [3.8, 4) is 0 Å². The summed E-state index contributed by atoms with van der Waals surface area (Å²) < 4.78 is 0. The number of pyridine rings is 1. The number of nitrogens with zero attached hydrogens (tertiary/aromatic N) is 1. The minimum absolute atomic E-state index is 0.199. The van der Waals surface area contributed by atoms with Crippen LogP contribution >= 0.6 is 0 Å². The standard InChI is InChI=1S/C10H15N3O2/c1-7(11)10(15)13-9(6-14)8-4-2-3-5-12-8/h2-5,7,9,14H,6,11H2,1H3,(H,13,15)/t7?,9-/m1/s1. The van der Waals surface area contributed by atoms with Crippen LogP contribution in [0.25, 0.3) is 0 Å². The zero-order valence-corrected chi connectivity index (χ0v) is 8.55.